The first-order valence-electron chi connectivity index (χ1n) is 11.9. The zero-order valence-electron chi connectivity index (χ0n) is 20.0. The summed E-state index contributed by atoms with van der Waals surface area (Å²) in [5.41, 5.74) is 1.90. The molecule has 2 aromatic rings. The van der Waals surface area contributed by atoms with E-state index in [1.54, 1.807) is 5.56 Å². The van der Waals surface area contributed by atoms with E-state index in [0.29, 0.717) is 0 Å². The first kappa shape index (κ1) is 20.7. The van der Waals surface area contributed by atoms with Gasteiger partial charge in [-0.2, -0.15) is 0 Å². The Kier molecular flexibility index (Phi) is 4.61. The number of rotatable bonds is 6. The Balaban J connectivity index is 2.09. The highest BCUT2D eigenvalue weighted by atomic mass is 15.4. The molecule has 3 atom stereocenters. The maximum atomic E-state index is 2.87. The number of anilines is 1. The molecular weight excluding hydrogens is 352 g/mol. The van der Waals surface area contributed by atoms with Gasteiger partial charge in [0.05, 0.1) is 11.6 Å². The van der Waals surface area contributed by atoms with E-state index in [-0.39, 0.29) is 22.0 Å². The van der Waals surface area contributed by atoms with Crippen molar-refractivity contribution < 1.29 is 4.57 Å². The fourth-order valence-electron chi connectivity index (χ4n) is 6.84. The van der Waals surface area contributed by atoms with Gasteiger partial charge in [-0.15, -0.1) is 0 Å². The highest BCUT2D eigenvalue weighted by Crippen LogP contribution is 2.59. The summed E-state index contributed by atoms with van der Waals surface area (Å²) in [5, 5.41) is 2.89. The smallest absolute Gasteiger partial charge is 0.246 e. The maximum absolute atomic E-state index is 2.87. The largest absolute Gasteiger partial charge is 0.286 e. The van der Waals surface area contributed by atoms with E-state index in [2.05, 4.69) is 95.3 Å². The molecular formula is C27H41N2+. The predicted molar refractivity (Wildman–Crippen MR) is 125 cm³/mol. The van der Waals surface area contributed by atoms with Crippen LogP contribution in [0, 0.1) is 0 Å². The Bertz CT molecular complexity index is 945. The van der Waals surface area contributed by atoms with Crippen LogP contribution in [-0.4, -0.2) is 11.1 Å². The Labute approximate surface area is 178 Å². The molecule has 29 heavy (non-hydrogen) atoms. The van der Waals surface area contributed by atoms with Crippen LogP contribution in [0.15, 0.2) is 30.5 Å². The van der Waals surface area contributed by atoms with Crippen molar-refractivity contribution in [2.24, 2.45) is 0 Å². The minimum absolute atomic E-state index is 0.0523. The van der Waals surface area contributed by atoms with Gasteiger partial charge >= 0.3 is 0 Å². The quantitative estimate of drug-likeness (QED) is 0.383. The van der Waals surface area contributed by atoms with E-state index < -0.39 is 0 Å². The number of hydrogen-bond donors (Lipinski definition) is 0. The summed E-state index contributed by atoms with van der Waals surface area (Å²) in [6.45, 7) is 19.7. The van der Waals surface area contributed by atoms with Crippen LogP contribution in [0.2, 0.25) is 0 Å². The molecule has 2 aliphatic heterocycles. The van der Waals surface area contributed by atoms with Gasteiger partial charge in [-0.05, 0) is 70.4 Å². The summed E-state index contributed by atoms with van der Waals surface area (Å²) in [6, 6.07) is 9.36. The molecule has 1 aromatic carbocycles. The molecule has 158 valence electrons. The average molecular weight is 394 g/mol. The summed E-state index contributed by atoms with van der Waals surface area (Å²) in [7, 11) is 0. The molecule has 0 amide bonds. The molecule has 2 aliphatic rings. The third-order valence-corrected chi connectivity index (χ3v) is 9.51. The normalized spacial score (nSPS) is 32.2. The highest BCUT2D eigenvalue weighted by molar-refractivity contribution is 5.97. The van der Waals surface area contributed by atoms with Crippen LogP contribution < -0.4 is 9.47 Å². The van der Waals surface area contributed by atoms with Gasteiger partial charge in [0.2, 0.25) is 0 Å². The van der Waals surface area contributed by atoms with E-state index >= 15 is 0 Å². The minimum Gasteiger partial charge on any atom is -0.246 e. The number of unbranched alkanes of at least 4 members (excludes halogenated alkanes) is 2. The van der Waals surface area contributed by atoms with Gasteiger partial charge in [-0.1, -0.05) is 58.7 Å². The van der Waals surface area contributed by atoms with Crippen molar-refractivity contribution in [1.82, 2.24) is 0 Å². The molecule has 0 fully saturated rings. The number of hydrogen-bond acceptors (Lipinski definition) is 1. The minimum atomic E-state index is 0.0523. The lowest BCUT2D eigenvalue weighted by atomic mass is 9.59. The van der Waals surface area contributed by atoms with Gasteiger partial charge < -0.3 is 0 Å². The molecule has 0 bridgehead atoms. The fraction of sp³-hybridized carbons (Fsp3) is 0.667. The summed E-state index contributed by atoms with van der Waals surface area (Å²) < 4.78 is 2.66. The van der Waals surface area contributed by atoms with Crippen molar-refractivity contribution in [3.05, 3.63) is 36.0 Å². The molecule has 0 saturated heterocycles. The SMILES string of the molecule is CCCCCC1(C)[n+]2ccc3cccc4c3c2N(C1(C)C)C(C)(CC)C4(C)CC. The maximum Gasteiger partial charge on any atom is 0.286 e. The van der Waals surface area contributed by atoms with Crippen molar-refractivity contribution in [3.8, 4) is 0 Å². The van der Waals surface area contributed by atoms with E-state index in [9.17, 15) is 0 Å². The molecule has 0 aliphatic carbocycles. The van der Waals surface area contributed by atoms with Gasteiger partial charge in [0.25, 0.3) is 5.82 Å². The summed E-state index contributed by atoms with van der Waals surface area (Å²) in [5.74, 6) is 1.47. The lowest BCUT2D eigenvalue weighted by Crippen LogP contribution is -2.69. The Morgan fingerprint density at radius 3 is 2.24 bits per heavy atom. The number of benzene rings is 1. The molecule has 0 spiro atoms. The van der Waals surface area contributed by atoms with E-state index in [0.717, 1.165) is 12.8 Å². The summed E-state index contributed by atoms with van der Waals surface area (Å²) >= 11 is 0. The fourth-order valence-corrected chi connectivity index (χ4v) is 6.84. The second-order valence-corrected chi connectivity index (χ2v) is 10.7. The second kappa shape index (κ2) is 6.46. The molecule has 0 saturated carbocycles. The highest BCUT2D eigenvalue weighted by Gasteiger charge is 2.70. The van der Waals surface area contributed by atoms with Crippen molar-refractivity contribution >= 4 is 16.6 Å². The van der Waals surface area contributed by atoms with E-state index in [1.165, 1.54) is 42.3 Å². The van der Waals surface area contributed by atoms with Crippen LogP contribution in [-0.2, 0) is 11.0 Å². The molecule has 0 radical (unpaired) electrons. The monoisotopic (exact) mass is 393 g/mol. The first-order chi connectivity index (χ1) is 13.6. The van der Waals surface area contributed by atoms with Crippen LogP contribution in [0.3, 0.4) is 0 Å². The number of nitrogens with zero attached hydrogens (tertiary/aromatic N) is 2. The Morgan fingerprint density at radius 2 is 1.62 bits per heavy atom. The third kappa shape index (κ3) is 2.27. The average Bonchev–Trinajstić information content (AvgIpc) is 2.89. The first-order valence-corrected chi connectivity index (χ1v) is 11.9. The van der Waals surface area contributed by atoms with Crippen LogP contribution in [0.5, 0.6) is 0 Å². The van der Waals surface area contributed by atoms with Crippen LogP contribution >= 0.6 is 0 Å². The molecule has 0 N–H and O–H groups in total. The van der Waals surface area contributed by atoms with Gasteiger partial charge in [0, 0.05) is 5.41 Å². The number of aromatic nitrogens is 1. The van der Waals surface area contributed by atoms with E-state index in [4.69, 9.17) is 0 Å². The van der Waals surface area contributed by atoms with Crippen LogP contribution in [0.4, 0.5) is 5.82 Å². The van der Waals surface area contributed by atoms with Crippen LogP contribution in [0.25, 0.3) is 10.8 Å². The third-order valence-electron chi connectivity index (χ3n) is 9.51. The predicted octanol–water partition coefficient (Wildman–Crippen LogP) is 6.87. The standard InChI is InChI=1S/C27H41N2/c1-9-12-13-18-27(8)24(4,5)29-23-22-20(17-19-28(23)27)15-14-16-21(22)25(6,10-2)26(29,7)11-3/h14-17,19H,9-13,18H2,1-8H3/q+1. The summed E-state index contributed by atoms with van der Waals surface area (Å²) in [6.07, 6.45) is 9.82. The van der Waals surface area contributed by atoms with Gasteiger partial charge in [-0.3, -0.25) is 0 Å². The van der Waals surface area contributed by atoms with Gasteiger partial charge in [-0.25, -0.2) is 9.47 Å². The zero-order chi connectivity index (χ0) is 21.2. The van der Waals surface area contributed by atoms with Crippen molar-refractivity contribution in [2.75, 3.05) is 4.90 Å². The Hall–Kier alpha value is -1.57. The van der Waals surface area contributed by atoms with Crippen molar-refractivity contribution in [1.29, 1.82) is 0 Å². The molecule has 3 unspecified atom stereocenters. The summed E-state index contributed by atoms with van der Waals surface area (Å²) in [4.78, 5) is 2.87. The molecule has 3 heterocycles. The zero-order valence-corrected chi connectivity index (χ0v) is 20.0. The molecule has 4 rings (SSSR count). The molecule has 2 heteroatoms. The van der Waals surface area contributed by atoms with Crippen molar-refractivity contribution in [2.45, 2.75) is 116 Å². The van der Waals surface area contributed by atoms with Crippen molar-refractivity contribution in [3.63, 3.8) is 0 Å². The topological polar surface area (TPSA) is 7.12 Å². The lowest BCUT2D eigenvalue weighted by molar-refractivity contribution is -0.744. The van der Waals surface area contributed by atoms with Crippen LogP contribution in [0.1, 0.15) is 99.5 Å². The number of pyridine rings is 1. The van der Waals surface area contributed by atoms with Gasteiger partial charge in [0.15, 0.2) is 5.54 Å². The lowest BCUT2D eigenvalue weighted by Gasteiger charge is -2.55. The van der Waals surface area contributed by atoms with E-state index in [1.807, 2.05) is 0 Å². The van der Waals surface area contributed by atoms with Gasteiger partial charge in [0.1, 0.15) is 11.1 Å². The Morgan fingerprint density at radius 1 is 0.897 bits per heavy atom. The second-order valence-electron chi connectivity index (χ2n) is 10.7. The molecule has 2 nitrogen and oxygen atoms in total. The molecule has 1 aromatic heterocycles.